The summed E-state index contributed by atoms with van der Waals surface area (Å²) in [4.78, 5) is 0. The SMILES string of the molecule is CC(NCc1cc(Cl)ccc1O)C(O)Cc1ccccc1. The smallest absolute Gasteiger partial charge is 0.120 e. The summed E-state index contributed by atoms with van der Waals surface area (Å²) >= 11 is 5.91. The summed E-state index contributed by atoms with van der Waals surface area (Å²) in [6, 6.07) is 14.7. The number of halogens is 1. The van der Waals surface area contributed by atoms with Crippen LogP contribution in [0.25, 0.3) is 0 Å². The van der Waals surface area contributed by atoms with E-state index in [1.54, 1.807) is 18.2 Å². The van der Waals surface area contributed by atoms with Crippen LogP contribution < -0.4 is 5.32 Å². The normalized spacial score (nSPS) is 13.9. The fourth-order valence-electron chi connectivity index (χ4n) is 2.14. The summed E-state index contributed by atoms with van der Waals surface area (Å²) in [5.41, 5.74) is 1.82. The van der Waals surface area contributed by atoms with Gasteiger partial charge in [0.25, 0.3) is 0 Å². The number of hydrogen-bond acceptors (Lipinski definition) is 3. The van der Waals surface area contributed by atoms with Crippen molar-refractivity contribution in [3.05, 3.63) is 64.7 Å². The highest BCUT2D eigenvalue weighted by Crippen LogP contribution is 2.21. The van der Waals surface area contributed by atoms with E-state index in [2.05, 4.69) is 5.32 Å². The van der Waals surface area contributed by atoms with E-state index < -0.39 is 6.10 Å². The maximum atomic E-state index is 10.2. The summed E-state index contributed by atoms with van der Waals surface area (Å²) in [7, 11) is 0. The molecule has 2 unspecified atom stereocenters. The van der Waals surface area contributed by atoms with Crippen molar-refractivity contribution in [1.29, 1.82) is 0 Å². The van der Waals surface area contributed by atoms with Gasteiger partial charge in [-0.15, -0.1) is 0 Å². The molecule has 21 heavy (non-hydrogen) atoms. The second kappa shape index (κ2) is 7.46. The lowest BCUT2D eigenvalue weighted by atomic mass is 10.0. The number of nitrogens with one attached hydrogen (secondary N) is 1. The minimum absolute atomic E-state index is 0.0939. The van der Waals surface area contributed by atoms with E-state index in [0.717, 1.165) is 11.1 Å². The fraction of sp³-hybridized carbons (Fsp3) is 0.294. The molecule has 0 bridgehead atoms. The topological polar surface area (TPSA) is 52.5 Å². The Kier molecular flexibility index (Phi) is 5.62. The van der Waals surface area contributed by atoms with E-state index in [9.17, 15) is 10.2 Å². The molecule has 0 fully saturated rings. The Labute approximate surface area is 130 Å². The Bertz CT molecular complexity index is 574. The molecule has 0 aliphatic rings. The number of phenols is 1. The number of aromatic hydroxyl groups is 1. The number of hydrogen-bond donors (Lipinski definition) is 3. The largest absolute Gasteiger partial charge is 0.508 e. The molecular weight excluding hydrogens is 286 g/mol. The molecule has 0 amide bonds. The molecule has 0 aromatic heterocycles. The third-order valence-corrected chi connectivity index (χ3v) is 3.76. The van der Waals surface area contributed by atoms with E-state index in [1.165, 1.54) is 0 Å². The number of aliphatic hydroxyl groups excluding tert-OH is 1. The molecule has 2 rings (SSSR count). The predicted molar refractivity (Wildman–Crippen MR) is 85.6 cm³/mol. The maximum Gasteiger partial charge on any atom is 0.120 e. The van der Waals surface area contributed by atoms with Crippen LogP contribution in [-0.4, -0.2) is 22.4 Å². The molecule has 0 heterocycles. The lowest BCUT2D eigenvalue weighted by molar-refractivity contribution is 0.134. The van der Waals surface area contributed by atoms with Crippen LogP contribution in [0.2, 0.25) is 5.02 Å². The highest BCUT2D eigenvalue weighted by Gasteiger charge is 2.15. The van der Waals surface area contributed by atoms with Crippen molar-refractivity contribution in [3.8, 4) is 5.75 Å². The highest BCUT2D eigenvalue weighted by atomic mass is 35.5. The van der Waals surface area contributed by atoms with Gasteiger partial charge in [-0.05, 0) is 37.1 Å². The number of aliphatic hydroxyl groups is 1. The Morgan fingerprint density at radius 3 is 2.57 bits per heavy atom. The third-order valence-electron chi connectivity index (χ3n) is 3.52. The lowest BCUT2D eigenvalue weighted by Crippen LogP contribution is -2.38. The van der Waals surface area contributed by atoms with E-state index in [0.29, 0.717) is 18.0 Å². The molecule has 2 aromatic rings. The van der Waals surface area contributed by atoms with Gasteiger partial charge in [-0.2, -0.15) is 0 Å². The summed E-state index contributed by atoms with van der Waals surface area (Å²) in [5, 5.41) is 23.8. The molecule has 4 heteroatoms. The van der Waals surface area contributed by atoms with E-state index in [1.807, 2.05) is 37.3 Å². The van der Waals surface area contributed by atoms with Crippen LogP contribution in [0.15, 0.2) is 48.5 Å². The van der Waals surface area contributed by atoms with Crippen LogP contribution in [0.5, 0.6) is 5.75 Å². The third kappa shape index (κ3) is 4.74. The highest BCUT2D eigenvalue weighted by molar-refractivity contribution is 6.30. The first-order valence-corrected chi connectivity index (χ1v) is 7.37. The van der Waals surface area contributed by atoms with Crippen molar-refractivity contribution in [2.75, 3.05) is 0 Å². The fourth-order valence-corrected chi connectivity index (χ4v) is 2.33. The first kappa shape index (κ1) is 15.8. The molecule has 3 nitrogen and oxygen atoms in total. The van der Waals surface area contributed by atoms with Gasteiger partial charge in [0.15, 0.2) is 0 Å². The number of rotatable bonds is 6. The van der Waals surface area contributed by atoms with Crippen LogP contribution in [-0.2, 0) is 13.0 Å². The van der Waals surface area contributed by atoms with Crippen molar-refractivity contribution in [2.24, 2.45) is 0 Å². The maximum absolute atomic E-state index is 10.2. The molecule has 3 N–H and O–H groups in total. The minimum atomic E-state index is -0.492. The number of benzene rings is 2. The predicted octanol–water partition coefficient (Wildman–Crippen LogP) is 3.13. The quantitative estimate of drug-likeness (QED) is 0.768. The van der Waals surface area contributed by atoms with Crippen LogP contribution in [0.1, 0.15) is 18.1 Å². The Morgan fingerprint density at radius 2 is 1.86 bits per heavy atom. The average molecular weight is 306 g/mol. The van der Waals surface area contributed by atoms with Gasteiger partial charge in [0.2, 0.25) is 0 Å². The van der Waals surface area contributed by atoms with Crippen molar-refractivity contribution in [2.45, 2.75) is 32.0 Å². The first-order valence-electron chi connectivity index (χ1n) is 6.99. The van der Waals surface area contributed by atoms with Gasteiger partial charge in [-0.3, -0.25) is 0 Å². The molecule has 0 radical (unpaired) electrons. The zero-order chi connectivity index (χ0) is 15.2. The van der Waals surface area contributed by atoms with Gasteiger partial charge in [-0.1, -0.05) is 41.9 Å². The van der Waals surface area contributed by atoms with Gasteiger partial charge in [-0.25, -0.2) is 0 Å². The van der Waals surface area contributed by atoms with Crippen molar-refractivity contribution in [3.63, 3.8) is 0 Å². The summed E-state index contributed by atoms with van der Waals surface area (Å²) < 4.78 is 0. The second-order valence-electron chi connectivity index (χ2n) is 5.20. The molecule has 0 aliphatic heterocycles. The molecule has 2 atom stereocenters. The Hall–Kier alpha value is -1.55. The van der Waals surface area contributed by atoms with Gasteiger partial charge >= 0.3 is 0 Å². The van der Waals surface area contributed by atoms with Crippen LogP contribution in [0.3, 0.4) is 0 Å². The van der Waals surface area contributed by atoms with Gasteiger partial charge < -0.3 is 15.5 Å². The lowest BCUT2D eigenvalue weighted by Gasteiger charge is -2.21. The van der Waals surface area contributed by atoms with Gasteiger partial charge in [0, 0.05) is 23.2 Å². The Balaban J connectivity index is 1.89. The van der Waals surface area contributed by atoms with Crippen LogP contribution in [0, 0.1) is 0 Å². The summed E-state index contributed by atoms with van der Waals surface area (Å²) in [5.74, 6) is 0.205. The molecule has 0 saturated carbocycles. The second-order valence-corrected chi connectivity index (χ2v) is 5.64. The van der Waals surface area contributed by atoms with Crippen molar-refractivity contribution < 1.29 is 10.2 Å². The average Bonchev–Trinajstić information content (AvgIpc) is 2.49. The van der Waals surface area contributed by atoms with E-state index in [4.69, 9.17) is 11.6 Å². The van der Waals surface area contributed by atoms with E-state index in [-0.39, 0.29) is 11.8 Å². The Morgan fingerprint density at radius 1 is 1.14 bits per heavy atom. The molecule has 0 spiro atoms. The summed E-state index contributed by atoms with van der Waals surface area (Å²) in [6.45, 7) is 2.38. The molecule has 2 aromatic carbocycles. The standard InChI is InChI=1S/C17H20ClNO2/c1-12(17(21)9-13-5-3-2-4-6-13)19-11-14-10-15(18)7-8-16(14)20/h2-8,10,12,17,19-21H,9,11H2,1H3. The zero-order valence-electron chi connectivity index (χ0n) is 12.0. The van der Waals surface area contributed by atoms with E-state index >= 15 is 0 Å². The van der Waals surface area contributed by atoms with Crippen LogP contribution >= 0.6 is 11.6 Å². The van der Waals surface area contributed by atoms with Crippen LogP contribution in [0.4, 0.5) is 0 Å². The first-order chi connectivity index (χ1) is 10.1. The van der Waals surface area contributed by atoms with Crippen molar-refractivity contribution >= 4 is 11.6 Å². The minimum Gasteiger partial charge on any atom is -0.508 e. The van der Waals surface area contributed by atoms with Gasteiger partial charge in [0.1, 0.15) is 5.75 Å². The molecule has 0 aliphatic carbocycles. The monoisotopic (exact) mass is 305 g/mol. The van der Waals surface area contributed by atoms with Gasteiger partial charge in [0.05, 0.1) is 6.10 Å². The number of phenolic OH excluding ortho intramolecular Hbond substituents is 1. The zero-order valence-corrected chi connectivity index (χ0v) is 12.7. The molecule has 0 saturated heterocycles. The van der Waals surface area contributed by atoms with Crippen molar-refractivity contribution in [1.82, 2.24) is 5.32 Å². The molecular formula is C17H20ClNO2. The summed E-state index contributed by atoms with van der Waals surface area (Å²) in [6.07, 6.45) is 0.102. The molecule has 112 valence electrons.